The van der Waals surface area contributed by atoms with Gasteiger partial charge in [0.05, 0.1) is 10.8 Å². The number of anilines is 2. The average molecular weight is 388 g/mol. The maximum absolute atomic E-state index is 12.5. The Morgan fingerprint density at radius 1 is 1.19 bits per heavy atom. The minimum absolute atomic E-state index is 0.473. The van der Waals surface area contributed by atoms with Gasteiger partial charge in [-0.2, -0.15) is 4.98 Å². The van der Waals surface area contributed by atoms with Gasteiger partial charge in [0, 0.05) is 11.4 Å². The van der Waals surface area contributed by atoms with Crippen LogP contribution in [0, 0.1) is 0 Å². The number of hydrogen-bond acceptors (Lipinski definition) is 5. The van der Waals surface area contributed by atoms with Crippen molar-refractivity contribution in [3.8, 4) is 0 Å². The summed E-state index contributed by atoms with van der Waals surface area (Å²) in [6.07, 6.45) is 7.93. The molecule has 2 aliphatic rings. The SMILES string of the molecule is CCN(C)CCCS(=O)c1nc(Nc2c3c(cc4c2CCC4)CCC3)n[nH]1. The highest BCUT2D eigenvalue weighted by Gasteiger charge is 2.24. The summed E-state index contributed by atoms with van der Waals surface area (Å²) in [6.45, 7) is 4.08. The van der Waals surface area contributed by atoms with Crippen molar-refractivity contribution in [2.24, 2.45) is 0 Å². The summed E-state index contributed by atoms with van der Waals surface area (Å²) in [5.41, 5.74) is 7.06. The van der Waals surface area contributed by atoms with Crippen LogP contribution in [0.5, 0.6) is 0 Å². The monoisotopic (exact) mass is 387 g/mol. The fourth-order valence-electron chi connectivity index (χ4n) is 4.20. The Morgan fingerprint density at radius 2 is 1.89 bits per heavy atom. The van der Waals surface area contributed by atoms with E-state index in [0.29, 0.717) is 16.9 Å². The van der Waals surface area contributed by atoms with Gasteiger partial charge < -0.3 is 10.2 Å². The number of aromatic amines is 1. The number of benzene rings is 1. The summed E-state index contributed by atoms with van der Waals surface area (Å²) in [7, 11) is 0.946. The molecule has 0 saturated heterocycles. The van der Waals surface area contributed by atoms with E-state index in [1.165, 1.54) is 53.6 Å². The van der Waals surface area contributed by atoms with Crippen LogP contribution in [0.4, 0.5) is 11.6 Å². The van der Waals surface area contributed by atoms with Gasteiger partial charge >= 0.3 is 0 Å². The second-order valence-corrected chi connectivity index (χ2v) is 9.11. The number of hydrogen-bond donors (Lipinski definition) is 2. The molecule has 7 heteroatoms. The molecule has 0 bridgehead atoms. The standard InChI is InChI=1S/C20H29N5OS/c1-3-25(2)11-6-12-27(26)20-22-19(23-24-20)21-18-16-9-4-7-14(16)13-15-8-5-10-17(15)18/h13H,3-12H2,1-2H3,(H2,21,22,23,24). The van der Waals surface area contributed by atoms with Crippen LogP contribution in [0.25, 0.3) is 0 Å². The summed E-state index contributed by atoms with van der Waals surface area (Å²) in [5, 5.41) is 11.1. The van der Waals surface area contributed by atoms with Crippen molar-refractivity contribution in [3.05, 3.63) is 28.3 Å². The van der Waals surface area contributed by atoms with E-state index < -0.39 is 10.8 Å². The first kappa shape index (κ1) is 18.6. The van der Waals surface area contributed by atoms with E-state index >= 15 is 0 Å². The van der Waals surface area contributed by atoms with Gasteiger partial charge in [0.1, 0.15) is 0 Å². The molecule has 0 saturated carbocycles. The number of nitrogens with zero attached hydrogens (tertiary/aromatic N) is 3. The first-order valence-electron chi connectivity index (χ1n) is 10.1. The molecule has 1 unspecified atom stereocenters. The normalized spacial score (nSPS) is 16.6. The molecule has 4 rings (SSSR count). The predicted octanol–water partition coefficient (Wildman–Crippen LogP) is 2.98. The lowest BCUT2D eigenvalue weighted by molar-refractivity contribution is 0.354. The largest absolute Gasteiger partial charge is 0.322 e. The van der Waals surface area contributed by atoms with Crippen LogP contribution in [-0.2, 0) is 36.5 Å². The summed E-state index contributed by atoms with van der Waals surface area (Å²) in [4.78, 5) is 6.71. The van der Waals surface area contributed by atoms with Crippen molar-refractivity contribution >= 4 is 22.4 Å². The van der Waals surface area contributed by atoms with Crippen molar-refractivity contribution < 1.29 is 4.21 Å². The quantitative estimate of drug-likeness (QED) is 0.728. The number of aromatic nitrogens is 3. The molecule has 146 valence electrons. The van der Waals surface area contributed by atoms with Gasteiger partial charge in [-0.15, -0.1) is 5.10 Å². The molecule has 6 nitrogen and oxygen atoms in total. The zero-order valence-electron chi connectivity index (χ0n) is 16.3. The first-order chi connectivity index (χ1) is 13.2. The smallest absolute Gasteiger partial charge is 0.247 e. The Labute approximate surface area is 163 Å². The molecule has 0 aliphatic heterocycles. The van der Waals surface area contributed by atoms with Gasteiger partial charge in [0.2, 0.25) is 11.1 Å². The summed E-state index contributed by atoms with van der Waals surface area (Å²) >= 11 is 0. The molecule has 2 aliphatic carbocycles. The Balaban J connectivity index is 1.47. The zero-order chi connectivity index (χ0) is 18.8. The third kappa shape index (κ3) is 3.94. The van der Waals surface area contributed by atoms with Crippen molar-refractivity contribution in [2.75, 3.05) is 31.2 Å². The van der Waals surface area contributed by atoms with Crippen molar-refractivity contribution in [3.63, 3.8) is 0 Å². The molecule has 1 aromatic carbocycles. The van der Waals surface area contributed by atoms with Crippen LogP contribution in [0.15, 0.2) is 11.2 Å². The van der Waals surface area contributed by atoms with E-state index in [1.807, 2.05) is 0 Å². The maximum atomic E-state index is 12.5. The van der Waals surface area contributed by atoms with E-state index in [9.17, 15) is 4.21 Å². The number of aryl methyl sites for hydroxylation is 2. The topological polar surface area (TPSA) is 73.9 Å². The van der Waals surface area contributed by atoms with E-state index in [1.54, 1.807) is 0 Å². The van der Waals surface area contributed by atoms with Crippen LogP contribution < -0.4 is 5.32 Å². The molecule has 0 fully saturated rings. The van der Waals surface area contributed by atoms with E-state index in [0.717, 1.165) is 32.4 Å². The van der Waals surface area contributed by atoms with Crippen LogP contribution in [0.2, 0.25) is 0 Å². The Kier molecular flexibility index (Phi) is 5.59. The molecule has 0 amide bonds. The molecule has 27 heavy (non-hydrogen) atoms. The van der Waals surface area contributed by atoms with Crippen molar-refractivity contribution in [2.45, 2.75) is 57.0 Å². The van der Waals surface area contributed by atoms with E-state index in [4.69, 9.17) is 0 Å². The third-order valence-electron chi connectivity index (χ3n) is 5.80. The van der Waals surface area contributed by atoms with Crippen LogP contribution in [0.3, 0.4) is 0 Å². The summed E-state index contributed by atoms with van der Waals surface area (Å²) in [6, 6.07) is 2.42. The lowest BCUT2D eigenvalue weighted by Crippen LogP contribution is -2.20. The zero-order valence-corrected chi connectivity index (χ0v) is 17.1. The highest BCUT2D eigenvalue weighted by molar-refractivity contribution is 7.84. The molecule has 0 radical (unpaired) electrons. The number of fused-ring (bicyclic) bond motifs is 2. The van der Waals surface area contributed by atoms with Crippen LogP contribution in [-0.4, -0.2) is 50.2 Å². The van der Waals surface area contributed by atoms with Gasteiger partial charge in [0.25, 0.3) is 0 Å². The minimum Gasteiger partial charge on any atom is -0.322 e. The second-order valence-electron chi connectivity index (χ2n) is 7.62. The lowest BCUT2D eigenvalue weighted by Gasteiger charge is -2.15. The molecule has 0 spiro atoms. The van der Waals surface area contributed by atoms with Gasteiger partial charge in [-0.1, -0.05) is 13.0 Å². The molecule has 1 heterocycles. The number of rotatable bonds is 8. The fraction of sp³-hybridized carbons (Fsp3) is 0.600. The third-order valence-corrected chi connectivity index (χ3v) is 7.07. The fourth-order valence-corrected chi connectivity index (χ4v) is 5.12. The molecular weight excluding hydrogens is 358 g/mol. The van der Waals surface area contributed by atoms with Gasteiger partial charge in [-0.3, -0.25) is 9.31 Å². The summed E-state index contributed by atoms with van der Waals surface area (Å²) < 4.78 is 12.5. The van der Waals surface area contributed by atoms with Crippen LogP contribution in [0.1, 0.15) is 48.4 Å². The highest BCUT2D eigenvalue weighted by Crippen LogP contribution is 2.39. The average Bonchev–Trinajstić information content (AvgIpc) is 3.41. The Hall–Kier alpha value is -1.73. The molecular formula is C20H29N5OS. The lowest BCUT2D eigenvalue weighted by atomic mass is 9.99. The number of H-pyrrole nitrogens is 1. The minimum atomic E-state index is -1.13. The van der Waals surface area contributed by atoms with E-state index in [2.05, 4.69) is 45.4 Å². The van der Waals surface area contributed by atoms with Crippen LogP contribution >= 0.6 is 0 Å². The second kappa shape index (κ2) is 8.10. The molecule has 2 N–H and O–H groups in total. The molecule has 1 aromatic heterocycles. The van der Waals surface area contributed by atoms with Crippen molar-refractivity contribution in [1.82, 2.24) is 20.1 Å². The Bertz CT molecular complexity index is 815. The van der Waals surface area contributed by atoms with Crippen molar-refractivity contribution in [1.29, 1.82) is 0 Å². The van der Waals surface area contributed by atoms with Gasteiger partial charge in [-0.25, -0.2) is 0 Å². The maximum Gasteiger partial charge on any atom is 0.247 e. The Morgan fingerprint density at radius 3 is 2.56 bits per heavy atom. The van der Waals surface area contributed by atoms with E-state index in [-0.39, 0.29) is 0 Å². The predicted molar refractivity (Wildman–Crippen MR) is 109 cm³/mol. The first-order valence-corrected chi connectivity index (χ1v) is 11.4. The number of nitrogens with one attached hydrogen (secondary N) is 2. The summed E-state index contributed by atoms with van der Waals surface area (Å²) in [5.74, 6) is 1.15. The van der Waals surface area contributed by atoms with Gasteiger partial charge in [0.15, 0.2) is 0 Å². The van der Waals surface area contributed by atoms with Gasteiger partial charge in [-0.05, 0) is 87.3 Å². The molecule has 2 aromatic rings. The molecule has 1 atom stereocenters. The highest BCUT2D eigenvalue weighted by atomic mass is 32.2.